The number of hydrogen-bond donors (Lipinski definition) is 3. The van der Waals surface area contributed by atoms with Crippen molar-refractivity contribution in [2.45, 2.75) is 83.2 Å². The minimum Gasteiger partial charge on any atom is -0.481 e. The minimum absolute atomic E-state index is 0.367. The van der Waals surface area contributed by atoms with Crippen molar-refractivity contribution in [1.82, 2.24) is 0 Å². The number of aliphatic carboxylic acids is 1. The number of aliphatic hydroxyl groups excluding tert-OH is 1. The van der Waals surface area contributed by atoms with E-state index < -0.39 is 18.2 Å². The van der Waals surface area contributed by atoms with Crippen LogP contribution in [0.15, 0.2) is 0 Å². The first-order valence-electron chi connectivity index (χ1n) is 7.59. The van der Waals surface area contributed by atoms with Crippen molar-refractivity contribution in [2.75, 3.05) is 6.61 Å². The summed E-state index contributed by atoms with van der Waals surface area (Å²) >= 11 is 0. The molecule has 0 aromatic carbocycles. The van der Waals surface area contributed by atoms with Gasteiger partial charge in [-0.15, -0.1) is 0 Å². The fraction of sp³-hybridized carbons (Fsp3) is 0.933. The monoisotopic (exact) mass is 274 g/mol. The van der Waals surface area contributed by atoms with Crippen LogP contribution >= 0.6 is 0 Å². The molecular formula is C15H30O4. The molecule has 1 atom stereocenters. The third-order valence-corrected chi connectivity index (χ3v) is 3.52. The molecular weight excluding hydrogens is 244 g/mol. The number of aliphatic hydroxyl groups is 2. The Bertz CT molecular complexity index is 230. The van der Waals surface area contributed by atoms with E-state index in [1.165, 1.54) is 38.5 Å². The van der Waals surface area contributed by atoms with E-state index in [0.29, 0.717) is 6.42 Å². The predicted octanol–water partition coefficient (Wildman–Crippen LogP) is 3.11. The van der Waals surface area contributed by atoms with Crippen LogP contribution in [0.1, 0.15) is 77.6 Å². The Morgan fingerprint density at radius 3 is 1.84 bits per heavy atom. The maximum Gasteiger partial charge on any atom is 0.306 e. The molecule has 0 amide bonds. The minimum atomic E-state index is -1.44. The summed E-state index contributed by atoms with van der Waals surface area (Å²) in [5, 5.41) is 27.6. The lowest BCUT2D eigenvalue weighted by molar-refractivity contribution is -0.144. The van der Waals surface area contributed by atoms with Crippen molar-refractivity contribution in [3.8, 4) is 0 Å². The van der Waals surface area contributed by atoms with Crippen LogP contribution in [-0.4, -0.2) is 33.5 Å². The normalized spacial score (nSPS) is 14.3. The average Bonchev–Trinajstić information content (AvgIpc) is 2.36. The molecule has 0 aliphatic rings. The summed E-state index contributed by atoms with van der Waals surface area (Å²) < 4.78 is 0. The van der Waals surface area contributed by atoms with E-state index >= 15 is 0 Å². The molecule has 3 N–H and O–H groups in total. The maximum atomic E-state index is 10.6. The Morgan fingerprint density at radius 1 is 0.947 bits per heavy atom. The standard InChI is InChI=1S/C15H30O4/c1-2-3-4-5-6-7-8-9-10-11-15(19,13-16)12-14(17)18/h16,19H,2-13H2,1H3,(H,17,18). The predicted molar refractivity (Wildman–Crippen MR) is 76.1 cm³/mol. The molecule has 114 valence electrons. The van der Waals surface area contributed by atoms with Crippen molar-refractivity contribution in [2.24, 2.45) is 0 Å². The van der Waals surface area contributed by atoms with Crippen molar-refractivity contribution >= 4 is 5.97 Å². The molecule has 0 aromatic heterocycles. The van der Waals surface area contributed by atoms with Gasteiger partial charge < -0.3 is 15.3 Å². The summed E-state index contributed by atoms with van der Waals surface area (Å²) in [6, 6.07) is 0. The van der Waals surface area contributed by atoms with Gasteiger partial charge in [0.1, 0.15) is 0 Å². The second-order valence-electron chi connectivity index (χ2n) is 5.53. The number of carboxylic acids is 1. The molecule has 0 aliphatic carbocycles. The topological polar surface area (TPSA) is 77.8 Å². The van der Waals surface area contributed by atoms with Crippen LogP contribution in [0.5, 0.6) is 0 Å². The lowest BCUT2D eigenvalue weighted by Crippen LogP contribution is -2.35. The molecule has 19 heavy (non-hydrogen) atoms. The largest absolute Gasteiger partial charge is 0.481 e. The van der Waals surface area contributed by atoms with Crippen LogP contribution < -0.4 is 0 Å². The number of rotatable bonds is 13. The van der Waals surface area contributed by atoms with E-state index in [9.17, 15) is 9.90 Å². The van der Waals surface area contributed by atoms with E-state index in [1.54, 1.807) is 0 Å². The fourth-order valence-electron chi connectivity index (χ4n) is 2.27. The highest BCUT2D eigenvalue weighted by atomic mass is 16.4. The highest BCUT2D eigenvalue weighted by Crippen LogP contribution is 2.19. The van der Waals surface area contributed by atoms with E-state index in [0.717, 1.165) is 19.3 Å². The van der Waals surface area contributed by atoms with Gasteiger partial charge in [-0.2, -0.15) is 0 Å². The molecule has 4 heteroatoms. The first-order chi connectivity index (χ1) is 9.04. The molecule has 0 saturated heterocycles. The molecule has 0 heterocycles. The molecule has 0 rings (SSSR count). The Labute approximate surface area is 116 Å². The number of carbonyl (C=O) groups is 1. The average molecular weight is 274 g/mol. The zero-order chi connectivity index (χ0) is 14.6. The molecule has 0 aliphatic heterocycles. The van der Waals surface area contributed by atoms with Gasteiger partial charge in [0.15, 0.2) is 0 Å². The van der Waals surface area contributed by atoms with E-state index in [-0.39, 0.29) is 6.42 Å². The van der Waals surface area contributed by atoms with Crippen LogP contribution in [0.4, 0.5) is 0 Å². The smallest absolute Gasteiger partial charge is 0.306 e. The summed E-state index contributed by atoms with van der Waals surface area (Å²) in [5.74, 6) is -1.06. The Hall–Kier alpha value is -0.610. The summed E-state index contributed by atoms with van der Waals surface area (Å²) in [7, 11) is 0. The molecule has 0 aromatic rings. The third kappa shape index (κ3) is 11.0. The van der Waals surface area contributed by atoms with E-state index in [1.807, 2.05) is 0 Å². The summed E-state index contributed by atoms with van der Waals surface area (Å²) in [4.78, 5) is 10.6. The molecule has 0 saturated carbocycles. The molecule has 4 nitrogen and oxygen atoms in total. The molecule has 0 bridgehead atoms. The first kappa shape index (κ1) is 18.4. The van der Waals surface area contributed by atoms with Crippen molar-refractivity contribution in [3.63, 3.8) is 0 Å². The Balaban J connectivity index is 3.48. The van der Waals surface area contributed by atoms with Gasteiger partial charge in [0.2, 0.25) is 0 Å². The van der Waals surface area contributed by atoms with Crippen molar-refractivity contribution in [3.05, 3.63) is 0 Å². The lowest BCUT2D eigenvalue weighted by Gasteiger charge is -2.23. The summed E-state index contributed by atoms with van der Waals surface area (Å²) in [5.41, 5.74) is -1.44. The zero-order valence-electron chi connectivity index (χ0n) is 12.2. The van der Waals surface area contributed by atoms with Gasteiger partial charge in [0, 0.05) is 0 Å². The van der Waals surface area contributed by atoms with E-state index in [2.05, 4.69) is 6.92 Å². The van der Waals surface area contributed by atoms with Gasteiger partial charge in [-0.05, 0) is 6.42 Å². The molecule has 0 spiro atoms. The van der Waals surface area contributed by atoms with Crippen LogP contribution in [0, 0.1) is 0 Å². The molecule has 1 unspecified atom stereocenters. The molecule has 0 radical (unpaired) electrons. The fourth-order valence-corrected chi connectivity index (χ4v) is 2.27. The van der Waals surface area contributed by atoms with Crippen molar-refractivity contribution in [1.29, 1.82) is 0 Å². The van der Waals surface area contributed by atoms with Crippen LogP contribution in [0.3, 0.4) is 0 Å². The second-order valence-corrected chi connectivity index (χ2v) is 5.53. The van der Waals surface area contributed by atoms with E-state index in [4.69, 9.17) is 10.2 Å². The highest BCUT2D eigenvalue weighted by molar-refractivity contribution is 5.68. The van der Waals surface area contributed by atoms with Gasteiger partial charge in [-0.25, -0.2) is 0 Å². The highest BCUT2D eigenvalue weighted by Gasteiger charge is 2.28. The lowest BCUT2D eigenvalue weighted by atomic mass is 9.93. The van der Waals surface area contributed by atoms with Crippen LogP contribution in [-0.2, 0) is 4.79 Å². The van der Waals surface area contributed by atoms with Gasteiger partial charge in [-0.3, -0.25) is 4.79 Å². The van der Waals surface area contributed by atoms with Crippen LogP contribution in [0.25, 0.3) is 0 Å². The number of unbranched alkanes of at least 4 members (excludes halogenated alkanes) is 8. The third-order valence-electron chi connectivity index (χ3n) is 3.52. The summed E-state index contributed by atoms with van der Waals surface area (Å²) in [6.07, 6.45) is 10.6. The number of hydrogen-bond acceptors (Lipinski definition) is 3. The zero-order valence-corrected chi connectivity index (χ0v) is 12.2. The van der Waals surface area contributed by atoms with Crippen molar-refractivity contribution < 1.29 is 20.1 Å². The Kier molecular flexibility index (Phi) is 10.9. The number of carboxylic acid groups (broad SMARTS) is 1. The van der Waals surface area contributed by atoms with Crippen LogP contribution in [0.2, 0.25) is 0 Å². The van der Waals surface area contributed by atoms with Gasteiger partial charge >= 0.3 is 5.97 Å². The SMILES string of the molecule is CCCCCCCCCCCC(O)(CO)CC(=O)O. The van der Waals surface area contributed by atoms with Gasteiger partial charge in [0.05, 0.1) is 18.6 Å². The molecule has 0 fully saturated rings. The first-order valence-corrected chi connectivity index (χ1v) is 7.59. The second kappa shape index (κ2) is 11.2. The maximum absolute atomic E-state index is 10.6. The van der Waals surface area contributed by atoms with Gasteiger partial charge in [-0.1, -0.05) is 64.7 Å². The summed E-state index contributed by atoms with van der Waals surface area (Å²) in [6.45, 7) is 1.73. The Morgan fingerprint density at radius 2 is 1.42 bits per heavy atom. The quantitative estimate of drug-likeness (QED) is 0.451. The van der Waals surface area contributed by atoms with Gasteiger partial charge in [0.25, 0.3) is 0 Å².